The maximum atomic E-state index is 6.19. The lowest BCUT2D eigenvalue weighted by atomic mass is 9.90. The molecule has 0 bridgehead atoms. The van der Waals surface area contributed by atoms with Crippen molar-refractivity contribution < 1.29 is 0 Å². The summed E-state index contributed by atoms with van der Waals surface area (Å²) in [7, 11) is 0. The molecule has 20 heavy (non-hydrogen) atoms. The quantitative estimate of drug-likeness (QED) is 0.693. The van der Waals surface area contributed by atoms with E-state index in [4.69, 9.17) is 23.2 Å². The molecule has 3 heteroatoms. The standard InChI is InChI=1S/C17H25Cl2N/c1-3-9-20-17(13-6-5-12(4-2)10-13)14-7-8-15(18)16(19)11-14/h7-8,11-13,17,20H,3-6,9-10H2,1-2H3. The first kappa shape index (κ1) is 16.1. The minimum absolute atomic E-state index is 0.418. The maximum absolute atomic E-state index is 6.19. The van der Waals surface area contributed by atoms with Gasteiger partial charge in [0.2, 0.25) is 0 Å². The first-order chi connectivity index (χ1) is 9.65. The van der Waals surface area contributed by atoms with E-state index in [1.165, 1.54) is 31.2 Å². The smallest absolute Gasteiger partial charge is 0.0595 e. The van der Waals surface area contributed by atoms with Crippen LogP contribution in [0.3, 0.4) is 0 Å². The van der Waals surface area contributed by atoms with Crippen LogP contribution >= 0.6 is 23.2 Å². The van der Waals surface area contributed by atoms with Gasteiger partial charge in [0.25, 0.3) is 0 Å². The van der Waals surface area contributed by atoms with Crippen molar-refractivity contribution in [3.8, 4) is 0 Å². The van der Waals surface area contributed by atoms with Gasteiger partial charge >= 0.3 is 0 Å². The minimum Gasteiger partial charge on any atom is -0.310 e. The van der Waals surface area contributed by atoms with Crippen LogP contribution < -0.4 is 5.32 Å². The average molecular weight is 314 g/mol. The Morgan fingerprint density at radius 1 is 1.20 bits per heavy atom. The normalized spacial score (nSPS) is 24.0. The fourth-order valence-electron chi connectivity index (χ4n) is 3.35. The summed E-state index contributed by atoms with van der Waals surface area (Å²) >= 11 is 12.2. The van der Waals surface area contributed by atoms with Gasteiger partial charge in [0.15, 0.2) is 0 Å². The van der Waals surface area contributed by atoms with Crippen molar-refractivity contribution in [3.05, 3.63) is 33.8 Å². The third kappa shape index (κ3) is 3.90. The molecule has 1 aromatic carbocycles. The summed E-state index contributed by atoms with van der Waals surface area (Å²) in [6.45, 7) is 5.57. The molecule has 1 aliphatic carbocycles. The molecule has 0 amide bonds. The molecule has 0 spiro atoms. The van der Waals surface area contributed by atoms with Crippen LogP contribution in [0.1, 0.15) is 57.6 Å². The van der Waals surface area contributed by atoms with Crippen molar-refractivity contribution in [1.82, 2.24) is 5.32 Å². The van der Waals surface area contributed by atoms with Gasteiger partial charge < -0.3 is 5.32 Å². The van der Waals surface area contributed by atoms with Gasteiger partial charge in [0, 0.05) is 6.04 Å². The highest BCUT2D eigenvalue weighted by Crippen LogP contribution is 2.41. The lowest BCUT2D eigenvalue weighted by Crippen LogP contribution is -2.28. The number of hydrogen-bond donors (Lipinski definition) is 1. The molecular weight excluding hydrogens is 289 g/mol. The third-order valence-electron chi connectivity index (χ3n) is 4.55. The van der Waals surface area contributed by atoms with E-state index in [2.05, 4.69) is 25.2 Å². The highest BCUT2D eigenvalue weighted by molar-refractivity contribution is 6.42. The largest absolute Gasteiger partial charge is 0.310 e. The average Bonchev–Trinajstić information content (AvgIpc) is 2.92. The molecule has 0 aromatic heterocycles. The zero-order valence-electron chi connectivity index (χ0n) is 12.5. The molecule has 0 heterocycles. The summed E-state index contributed by atoms with van der Waals surface area (Å²) < 4.78 is 0. The van der Waals surface area contributed by atoms with E-state index in [0.717, 1.165) is 24.8 Å². The SMILES string of the molecule is CCCNC(c1ccc(Cl)c(Cl)c1)C1CCC(CC)C1. The summed E-state index contributed by atoms with van der Waals surface area (Å²) in [5, 5.41) is 5.02. The first-order valence-corrected chi connectivity index (χ1v) is 8.59. The Hall–Kier alpha value is -0.240. The van der Waals surface area contributed by atoms with Crippen LogP contribution in [0, 0.1) is 11.8 Å². The van der Waals surface area contributed by atoms with Crippen LogP contribution in [0.5, 0.6) is 0 Å². The van der Waals surface area contributed by atoms with Gasteiger partial charge in [-0.1, -0.05) is 56.0 Å². The van der Waals surface area contributed by atoms with E-state index in [1.807, 2.05) is 12.1 Å². The molecular formula is C17H25Cl2N. The van der Waals surface area contributed by atoms with Crippen molar-refractivity contribution in [3.63, 3.8) is 0 Å². The van der Waals surface area contributed by atoms with Gasteiger partial charge in [-0.25, -0.2) is 0 Å². The molecule has 1 N–H and O–H groups in total. The van der Waals surface area contributed by atoms with Crippen molar-refractivity contribution in [2.45, 2.75) is 52.0 Å². The molecule has 3 atom stereocenters. The molecule has 1 aliphatic rings. The van der Waals surface area contributed by atoms with E-state index in [1.54, 1.807) is 0 Å². The van der Waals surface area contributed by atoms with Gasteiger partial charge in [-0.3, -0.25) is 0 Å². The van der Waals surface area contributed by atoms with E-state index < -0.39 is 0 Å². The molecule has 0 aliphatic heterocycles. The molecule has 1 nitrogen and oxygen atoms in total. The second kappa shape index (κ2) is 7.68. The minimum atomic E-state index is 0.418. The molecule has 112 valence electrons. The topological polar surface area (TPSA) is 12.0 Å². The number of nitrogens with one attached hydrogen (secondary N) is 1. The third-order valence-corrected chi connectivity index (χ3v) is 5.29. The molecule has 0 radical (unpaired) electrons. The second-order valence-electron chi connectivity index (χ2n) is 5.95. The van der Waals surface area contributed by atoms with E-state index in [9.17, 15) is 0 Å². The van der Waals surface area contributed by atoms with Gasteiger partial charge in [0.05, 0.1) is 10.0 Å². The maximum Gasteiger partial charge on any atom is 0.0595 e. The second-order valence-corrected chi connectivity index (χ2v) is 6.77. The van der Waals surface area contributed by atoms with Crippen molar-refractivity contribution in [1.29, 1.82) is 0 Å². The predicted molar refractivity (Wildman–Crippen MR) is 88.6 cm³/mol. The van der Waals surface area contributed by atoms with Crippen LogP contribution in [0.2, 0.25) is 10.0 Å². The fraction of sp³-hybridized carbons (Fsp3) is 0.647. The van der Waals surface area contributed by atoms with Crippen molar-refractivity contribution >= 4 is 23.2 Å². The lowest BCUT2D eigenvalue weighted by Gasteiger charge is -2.26. The predicted octanol–water partition coefficient (Wildman–Crippen LogP) is 5.86. The fourth-order valence-corrected chi connectivity index (χ4v) is 3.66. The van der Waals surface area contributed by atoms with Crippen molar-refractivity contribution in [2.24, 2.45) is 11.8 Å². The Kier molecular flexibility index (Phi) is 6.20. The number of rotatable bonds is 6. The highest BCUT2D eigenvalue weighted by atomic mass is 35.5. The summed E-state index contributed by atoms with van der Waals surface area (Å²) in [5.74, 6) is 1.62. The number of benzene rings is 1. The zero-order chi connectivity index (χ0) is 14.5. The molecule has 1 aromatic rings. The highest BCUT2D eigenvalue weighted by Gasteiger charge is 2.30. The van der Waals surface area contributed by atoms with Crippen LogP contribution in [0.4, 0.5) is 0 Å². The van der Waals surface area contributed by atoms with Crippen LogP contribution in [0.15, 0.2) is 18.2 Å². The van der Waals surface area contributed by atoms with Crippen LogP contribution in [-0.4, -0.2) is 6.54 Å². The summed E-state index contributed by atoms with van der Waals surface area (Å²) in [4.78, 5) is 0. The Labute approximate surface area is 133 Å². The van der Waals surface area contributed by atoms with E-state index >= 15 is 0 Å². The monoisotopic (exact) mass is 313 g/mol. The molecule has 0 saturated heterocycles. The Bertz CT molecular complexity index is 433. The van der Waals surface area contributed by atoms with Gasteiger partial charge in [-0.2, -0.15) is 0 Å². The molecule has 2 rings (SSSR count). The first-order valence-electron chi connectivity index (χ1n) is 7.84. The van der Waals surface area contributed by atoms with E-state index in [0.29, 0.717) is 16.1 Å². The number of halogens is 2. The molecule has 1 fully saturated rings. The van der Waals surface area contributed by atoms with Crippen LogP contribution in [0.25, 0.3) is 0 Å². The van der Waals surface area contributed by atoms with Gasteiger partial charge in [-0.05, 0) is 55.3 Å². The Balaban J connectivity index is 2.16. The summed E-state index contributed by atoms with van der Waals surface area (Å²) in [6, 6.07) is 6.50. The molecule has 3 unspecified atom stereocenters. The lowest BCUT2D eigenvalue weighted by molar-refractivity contribution is 0.354. The Morgan fingerprint density at radius 2 is 2.00 bits per heavy atom. The van der Waals surface area contributed by atoms with Crippen LogP contribution in [-0.2, 0) is 0 Å². The van der Waals surface area contributed by atoms with Gasteiger partial charge in [0.1, 0.15) is 0 Å². The van der Waals surface area contributed by atoms with E-state index in [-0.39, 0.29) is 0 Å². The Morgan fingerprint density at radius 3 is 2.60 bits per heavy atom. The molecule has 1 saturated carbocycles. The zero-order valence-corrected chi connectivity index (χ0v) is 14.0. The van der Waals surface area contributed by atoms with Gasteiger partial charge in [-0.15, -0.1) is 0 Å². The number of hydrogen-bond acceptors (Lipinski definition) is 1. The summed E-state index contributed by atoms with van der Waals surface area (Å²) in [5.41, 5.74) is 1.29. The summed E-state index contributed by atoms with van der Waals surface area (Å²) in [6.07, 6.45) is 6.48. The van der Waals surface area contributed by atoms with Crippen molar-refractivity contribution in [2.75, 3.05) is 6.54 Å².